The van der Waals surface area contributed by atoms with Crippen LogP contribution in [0.3, 0.4) is 0 Å². The lowest BCUT2D eigenvalue weighted by Crippen LogP contribution is -2.56. The summed E-state index contributed by atoms with van der Waals surface area (Å²) in [7, 11) is 0. The van der Waals surface area contributed by atoms with Crippen LogP contribution in [0.1, 0.15) is 72.1 Å². The molecule has 4 nitrogen and oxygen atoms in total. The SMILES string of the molecule is CC1CC2CC(CC(C)(C(N)=O)C2)C1NC(=O)C1(C)CCCC1. The van der Waals surface area contributed by atoms with Crippen molar-refractivity contribution in [3.05, 3.63) is 0 Å². The molecular weight excluding hydrogens is 288 g/mol. The molecule has 2 amide bonds. The summed E-state index contributed by atoms with van der Waals surface area (Å²) < 4.78 is 0. The van der Waals surface area contributed by atoms with Crippen molar-refractivity contribution >= 4 is 11.8 Å². The summed E-state index contributed by atoms with van der Waals surface area (Å²) in [5.41, 5.74) is 5.10. The number of carbonyl (C=O) groups is 2. The van der Waals surface area contributed by atoms with Crippen molar-refractivity contribution in [1.82, 2.24) is 5.32 Å². The molecule has 0 aromatic heterocycles. The molecule has 0 aromatic rings. The summed E-state index contributed by atoms with van der Waals surface area (Å²) in [5.74, 6) is 1.52. The lowest BCUT2D eigenvalue weighted by Gasteiger charge is -2.50. The number of nitrogens with two attached hydrogens (primary N) is 1. The first-order valence-corrected chi connectivity index (χ1v) is 9.34. The van der Waals surface area contributed by atoms with Gasteiger partial charge in [-0.1, -0.05) is 33.6 Å². The maximum Gasteiger partial charge on any atom is 0.226 e. The van der Waals surface area contributed by atoms with Gasteiger partial charge in [-0.15, -0.1) is 0 Å². The molecule has 130 valence electrons. The van der Waals surface area contributed by atoms with Gasteiger partial charge >= 0.3 is 0 Å². The second-order valence-corrected chi connectivity index (χ2v) is 9.17. The molecule has 0 heterocycles. The summed E-state index contributed by atoms with van der Waals surface area (Å²) in [4.78, 5) is 24.7. The summed E-state index contributed by atoms with van der Waals surface area (Å²) in [6.45, 7) is 6.38. The average Bonchev–Trinajstić information content (AvgIpc) is 2.90. The number of fused-ring (bicyclic) bond motifs is 2. The first-order valence-electron chi connectivity index (χ1n) is 9.34. The topological polar surface area (TPSA) is 72.2 Å². The van der Waals surface area contributed by atoms with Crippen molar-refractivity contribution in [3.63, 3.8) is 0 Å². The molecule has 3 aliphatic carbocycles. The minimum Gasteiger partial charge on any atom is -0.369 e. The van der Waals surface area contributed by atoms with Crippen LogP contribution in [0.15, 0.2) is 0 Å². The molecule has 0 aromatic carbocycles. The van der Waals surface area contributed by atoms with Crippen molar-refractivity contribution < 1.29 is 9.59 Å². The Hall–Kier alpha value is -1.06. The predicted octanol–water partition coefficient (Wildman–Crippen LogP) is 3.00. The van der Waals surface area contributed by atoms with E-state index in [9.17, 15) is 9.59 Å². The van der Waals surface area contributed by atoms with Gasteiger partial charge in [0.05, 0.1) is 0 Å². The minimum absolute atomic E-state index is 0.172. The first kappa shape index (κ1) is 16.8. The Morgan fingerprint density at radius 3 is 2.30 bits per heavy atom. The van der Waals surface area contributed by atoms with E-state index in [1.165, 1.54) is 0 Å². The highest BCUT2D eigenvalue weighted by molar-refractivity contribution is 5.83. The highest BCUT2D eigenvalue weighted by atomic mass is 16.2. The van der Waals surface area contributed by atoms with Gasteiger partial charge < -0.3 is 11.1 Å². The summed E-state index contributed by atoms with van der Waals surface area (Å²) in [6, 6.07) is 0.204. The van der Waals surface area contributed by atoms with E-state index in [2.05, 4.69) is 19.2 Å². The number of rotatable bonds is 3. The van der Waals surface area contributed by atoms with E-state index >= 15 is 0 Å². The van der Waals surface area contributed by atoms with Crippen LogP contribution in [-0.2, 0) is 9.59 Å². The van der Waals surface area contributed by atoms with E-state index in [0.717, 1.165) is 51.4 Å². The van der Waals surface area contributed by atoms with Crippen LogP contribution in [0.2, 0.25) is 0 Å². The molecule has 0 radical (unpaired) electrons. The van der Waals surface area contributed by atoms with Gasteiger partial charge in [0, 0.05) is 16.9 Å². The van der Waals surface area contributed by atoms with Crippen LogP contribution < -0.4 is 11.1 Å². The second kappa shape index (κ2) is 5.78. The Morgan fingerprint density at radius 1 is 1.04 bits per heavy atom. The third-order valence-electron chi connectivity index (χ3n) is 7.06. The molecule has 3 N–H and O–H groups in total. The van der Waals surface area contributed by atoms with Crippen molar-refractivity contribution in [2.45, 2.75) is 78.2 Å². The molecule has 0 saturated heterocycles. The van der Waals surface area contributed by atoms with Crippen molar-refractivity contribution in [2.75, 3.05) is 0 Å². The Morgan fingerprint density at radius 2 is 1.70 bits per heavy atom. The van der Waals surface area contributed by atoms with E-state index < -0.39 is 5.41 Å². The fourth-order valence-corrected chi connectivity index (χ4v) is 5.65. The molecule has 0 spiro atoms. The van der Waals surface area contributed by atoms with Gasteiger partial charge in [0.1, 0.15) is 0 Å². The van der Waals surface area contributed by atoms with Gasteiger partial charge in [-0.3, -0.25) is 9.59 Å². The molecule has 2 bridgehead atoms. The van der Waals surface area contributed by atoms with Crippen molar-refractivity contribution in [3.8, 4) is 0 Å². The fourth-order valence-electron chi connectivity index (χ4n) is 5.65. The Kier molecular flexibility index (Phi) is 4.22. The molecule has 0 aliphatic heterocycles. The van der Waals surface area contributed by atoms with E-state index in [1.807, 2.05) is 6.92 Å². The number of hydrogen-bond acceptors (Lipinski definition) is 2. The van der Waals surface area contributed by atoms with Crippen LogP contribution in [-0.4, -0.2) is 17.9 Å². The molecule has 3 rings (SSSR count). The van der Waals surface area contributed by atoms with Gasteiger partial charge in [-0.25, -0.2) is 0 Å². The van der Waals surface area contributed by atoms with Crippen LogP contribution in [0, 0.1) is 28.6 Å². The minimum atomic E-state index is -0.395. The van der Waals surface area contributed by atoms with Gasteiger partial charge in [-0.05, 0) is 56.3 Å². The smallest absolute Gasteiger partial charge is 0.226 e. The Bertz CT molecular complexity index is 496. The monoisotopic (exact) mass is 320 g/mol. The average molecular weight is 320 g/mol. The van der Waals surface area contributed by atoms with Gasteiger partial charge in [0.15, 0.2) is 0 Å². The van der Waals surface area contributed by atoms with E-state index in [-0.39, 0.29) is 23.3 Å². The zero-order valence-corrected chi connectivity index (χ0v) is 14.9. The third-order valence-corrected chi connectivity index (χ3v) is 7.06. The highest BCUT2D eigenvalue weighted by Crippen LogP contribution is 2.50. The number of amides is 2. The zero-order chi connectivity index (χ0) is 16.8. The summed E-state index contributed by atoms with van der Waals surface area (Å²) in [6.07, 6.45) is 8.31. The molecule has 4 heteroatoms. The number of primary amides is 1. The molecule has 3 fully saturated rings. The Balaban J connectivity index is 1.74. The molecular formula is C19H32N2O2. The number of carbonyl (C=O) groups excluding carboxylic acids is 2. The second-order valence-electron chi connectivity index (χ2n) is 9.17. The van der Waals surface area contributed by atoms with Gasteiger partial charge in [0.25, 0.3) is 0 Å². The van der Waals surface area contributed by atoms with E-state index in [0.29, 0.717) is 17.8 Å². The Labute approximate surface area is 140 Å². The quantitative estimate of drug-likeness (QED) is 0.839. The summed E-state index contributed by atoms with van der Waals surface area (Å²) >= 11 is 0. The molecule has 23 heavy (non-hydrogen) atoms. The molecule has 5 atom stereocenters. The highest BCUT2D eigenvalue weighted by Gasteiger charge is 2.49. The maximum atomic E-state index is 12.8. The molecule has 3 aliphatic rings. The molecule has 5 unspecified atom stereocenters. The van der Waals surface area contributed by atoms with Crippen LogP contribution in [0.5, 0.6) is 0 Å². The standard InChI is InChI=1S/C19H32N2O2/c1-12-8-13-9-14(11-19(3,10-13)16(20)22)15(12)21-17(23)18(2)6-4-5-7-18/h12-15H,4-11H2,1-3H3,(H2,20,22)(H,21,23). The van der Waals surface area contributed by atoms with Crippen molar-refractivity contribution in [1.29, 1.82) is 0 Å². The van der Waals surface area contributed by atoms with Crippen molar-refractivity contribution in [2.24, 2.45) is 34.3 Å². The van der Waals surface area contributed by atoms with Gasteiger partial charge in [-0.2, -0.15) is 0 Å². The zero-order valence-electron chi connectivity index (χ0n) is 14.9. The fraction of sp³-hybridized carbons (Fsp3) is 0.895. The molecule has 3 saturated carbocycles. The van der Waals surface area contributed by atoms with E-state index in [4.69, 9.17) is 5.73 Å². The largest absolute Gasteiger partial charge is 0.369 e. The first-order chi connectivity index (χ1) is 10.7. The lowest BCUT2D eigenvalue weighted by atomic mass is 9.57. The lowest BCUT2D eigenvalue weighted by molar-refractivity contribution is -0.135. The number of hydrogen-bond donors (Lipinski definition) is 2. The van der Waals surface area contributed by atoms with Crippen LogP contribution >= 0.6 is 0 Å². The predicted molar refractivity (Wildman–Crippen MR) is 90.4 cm³/mol. The number of nitrogens with one attached hydrogen (secondary N) is 1. The van der Waals surface area contributed by atoms with Crippen LogP contribution in [0.25, 0.3) is 0 Å². The third kappa shape index (κ3) is 3.01. The van der Waals surface area contributed by atoms with E-state index in [1.54, 1.807) is 0 Å². The van der Waals surface area contributed by atoms with Gasteiger partial charge in [0.2, 0.25) is 11.8 Å². The van der Waals surface area contributed by atoms with Crippen LogP contribution in [0.4, 0.5) is 0 Å². The normalized spacial score (nSPS) is 42.2. The maximum absolute atomic E-state index is 12.8. The summed E-state index contributed by atoms with van der Waals surface area (Å²) in [5, 5.41) is 3.39.